The Labute approximate surface area is 145 Å². The van der Waals surface area contributed by atoms with Gasteiger partial charge in [-0.3, -0.25) is 0 Å². The molecule has 3 rings (SSSR count). The summed E-state index contributed by atoms with van der Waals surface area (Å²) in [4.78, 5) is 7.52. The number of aromatic amines is 1. The van der Waals surface area contributed by atoms with Crippen LogP contribution in [0, 0.1) is 5.41 Å². The second kappa shape index (κ2) is 7.15. The van der Waals surface area contributed by atoms with Crippen molar-refractivity contribution < 1.29 is 4.43 Å². The molecular formula is C20H24N2OSi. The highest BCUT2D eigenvalue weighted by Crippen LogP contribution is 2.35. The van der Waals surface area contributed by atoms with Gasteiger partial charge >= 0.3 is 0 Å². The number of hydrogen-bond donors (Lipinski definition) is 1. The lowest BCUT2D eigenvalue weighted by molar-refractivity contribution is 0.0862. The zero-order valence-corrected chi connectivity index (χ0v) is 15.6. The molecule has 124 valence electrons. The lowest BCUT2D eigenvalue weighted by Crippen LogP contribution is -2.47. The monoisotopic (exact) mass is 336 g/mol. The van der Waals surface area contributed by atoms with Gasteiger partial charge in [0.2, 0.25) is 9.04 Å². The standard InChI is InChI=1S/C20H24N2OSi/c1-20(2,3)19(18-14-21-15-22-18)23-24(16-10-6-4-7-11-16)17-12-8-5-9-13-17/h4-15,19,24H,1-3H3,(H,21,22). The van der Waals surface area contributed by atoms with Crippen molar-refractivity contribution in [1.29, 1.82) is 0 Å². The van der Waals surface area contributed by atoms with Gasteiger partial charge in [0.25, 0.3) is 0 Å². The van der Waals surface area contributed by atoms with E-state index >= 15 is 0 Å². The summed E-state index contributed by atoms with van der Waals surface area (Å²) in [6, 6.07) is 21.1. The van der Waals surface area contributed by atoms with Crippen molar-refractivity contribution in [3.8, 4) is 0 Å². The molecule has 0 saturated carbocycles. The van der Waals surface area contributed by atoms with Crippen molar-refractivity contribution in [2.45, 2.75) is 26.9 Å². The topological polar surface area (TPSA) is 37.9 Å². The fraction of sp³-hybridized carbons (Fsp3) is 0.250. The van der Waals surface area contributed by atoms with Gasteiger partial charge in [-0.25, -0.2) is 4.98 Å². The number of aromatic nitrogens is 2. The van der Waals surface area contributed by atoms with Crippen molar-refractivity contribution in [2.75, 3.05) is 0 Å². The van der Waals surface area contributed by atoms with E-state index in [9.17, 15) is 0 Å². The van der Waals surface area contributed by atoms with Crippen LogP contribution in [0.3, 0.4) is 0 Å². The molecule has 0 amide bonds. The summed E-state index contributed by atoms with van der Waals surface area (Å²) >= 11 is 0. The lowest BCUT2D eigenvalue weighted by atomic mass is 9.87. The van der Waals surface area contributed by atoms with E-state index in [1.54, 1.807) is 6.33 Å². The summed E-state index contributed by atoms with van der Waals surface area (Å²) in [6.07, 6.45) is 3.61. The molecule has 2 aromatic carbocycles. The predicted octanol–water partition coefficient (Wildman–Crippen LogP) is 3.05. The minimum absolute atomic E-state index is 0.0377. The Hall–Kier alpha value is -2.17. The van der Waals surface area contributed by atoms with Gasteiger partial charge in [-0.05, 0) is 15.8 Å². The fourth-order valence-corrected chi connectivity index (χ4v) is 5.54. The Kier molecular flexibility index (Phi) is 4.97. The molecule has 1 heterocycles. The molecule has 0 bridgehead atoms. The highest BCUT2D eigenvalue weighted by molar-refractivity contribution is 6.80. The van der Waals surface area contributed by atoms with E-state index in [4.69, 9.17) is 4.43 Å². The smallest absolute Gasteiger partial charge is 0.240 e. The van der Waals surface area contributed by atoms with Crippen LogP contribution >= 0.6 is 0 Å². The van der Waals surface area contributed by atoms with Crippen LogP contribution in [0.15, 0.2) is 73.2 Å². The maximum atomic E-state index is 6.79. The number of nitrogens with zero attached hydrogens (tertiary/aromatic N) is 1. The summed E-state index contributed by atoms with van der Waals surface area (Å²) in [5.41, 5.74) is 0.927. The average Bonchev–Trinajstić information content (AvgIpc) is 3.10. The molecule has 3 aromatic rings. The molecule has 3 nitrogen and oxygen atoms in total. The van der Waals surface area contributed by atoms with E-state index in [2.05, 4.69) is 91.4 Å². The van der Waals surface area contributed by atoms with Gasteiger partial charge < -0.3 is 9.41 Å². The highest BCUT2D eigenvalue weighted by atomic mass is 28.3. The maximum Gasteiger partial charge on any atom is 0.240 e. The SMILES string of the molecule is CC(C)(C)C(O[SiH](c1ccccc1)c1ccccc1)c1c[nH]cn1. The Morgan fingerprint density at radius 3 is 1.88 bits per heavy atom. The summed E-state index contributed by atoms with van der Waals surface area (Å²) in [6.45, 7) is 6.61. The minimum Gasteiger partial charge on any atom is -0.402 e. The van der Waals surface area contributed by atoms with Crippen LogP contribution in [0.2, 0.25) is 0 Å². The van der Waals surface area contributed by atoms with Crippen LogP contribution in [-0.2, 0) is 4.43 Å². The average molecular weight is 337 g/mol. The van der Waals surface area contributed by atoms with E-state index in [1.165, 1.54) is 10.4 Å². The third-order valence-corrected chi connectivity index (χ3v) is 6.58. The van der Waals surface area contributed by atoms with Gasteiger partial charge in [0.05, 0.1) is 18.1 Å². The van der Waals surface area contributed by atoms with Crippen LogP contribution < -0.4 is 10.4 Å². The van der Waals surface area contributed by atoms with E-state index in [0.29, 0.717) is 0 Å². The molecule has 1 N–H and O–H groups in total. The third kappa shape index (κ3) is 3.83. The fourth-order valence-electron chi connectivity index (χ4n) is 2.87. The number of imidazole rings is 1. The van der Waals surface area contributed by atoms with Crippen molar-refractivity contribution in [2.24, 2.45) is 5.41 Å². The zero-order valence-electron chi connectivity index (χ0n) is 14.4. The predicted molar refractivity (Wildman–Crippen MR) is 101 cm³/mol. The van der Waals surface area contributed by atoms with Gasteiger partial charge in [0.15, 0.2) is 0 Å². The van der Waals surface area contributed by atoms with E-state index < -0.39 is 9.04 Å². The first kappa shape index (κ1) is 16.7. The summed E-state index contributed by atoms with van der Waals surface area (Å²) in [7, 11) is -1.81. The second-order valence-corrected chi connectivity index (χ2v) is 9.44. The first-order valence-corrected chi connectivity index (χ1v) is 9.92. The van der Waals surface area contributed by atoms with Crippen molar-refractivity contribution in [3.05, 3.63) is 78.9 Å². The van der Waals surface area contributed by atoms with Crippen LogP contribution in [0.25, 0.3) is 0 Å². The van der Waals surface area contributed by atoms with E-state index in [0.717, 1.165) is 5.69 Å². The minimum atomic E-state index is -1.81. The van der Waals surface area contributed by atoms with Crippen LogP contribution in [0.5, 0.6) is 0 Å². The summed E-state index contributed by atoms with van der Waals surface area (Å²) in [5, 5.41) is 2.57. The summed E-state index contributed by atoms with van der Waals surface area (Å²) < 4.78 is 6.79. The lowest BCUT2D eigenvalue weighted by Gasteiger charge is -2.33. The van der Waals surface area contributed by atoms with Gasteiger partial charge in [0, 0.05) is 6.20 Å². The van der Waals surface area contributed by atoms with Crippen molar-refractivity contribution in [1.82, 2.24) is 9.97 Å². The largest absolute Gasteiger partial charge is 0.402 e. The number of H-pyrrole nitrogens is 1. The Bertz CT molecular complexity index is 697. The molecule has 0 aliphatic heterocycles. The zero-order chi connectivity index (χ0) is 17.0. The molecule has 0 radical (unpaired) electrons. The first-order chi connectivity index (χ1) is 11.6. The molecule has 0 aliphatic carbocycles. The van der Waals surface area contributed by atoms with E-state index in [1.807, 2.05) is 6.20 Å². The van der Waals surface area contributed by atoms with Gasteiger partial charge in [-0.1, -0.05) is 81.4 Å². The molecule has 0 saturated heterocycles. The van der Waals surface area contributed by atoms with Gasteiger partial charge in [-0.2, -0.15) is 0 Å². The normalized spacial score (nSPS) is 13.2. The first-order valence-electron chi connectivity index (χ1n) is 8.30. The molecule has 0 fully saturated rings. The Morgan fingerprint density at radius 2 is 1.46 bits per heavy atom. The molecule has 1 atom stereocenters. The molecular weight excluding hydrogens is 312 g/mol. The van der Waals surface area contributed by atoms with Gasteiger partial charge in [-0.15, -0.1) is 0 Å². The van der Waals surface area contributed by atoms with Crippen molar-refractivity contribution >= 4 is 19.4 Å². The Balaban J connectivity index is 1.99. The van der Waals surface area contributed by atoms with Crippen LogP contribution in [0.1, 0.15) is 32.6 Å². The third-order valence-electron chi connectivity index (χ3n) is 4.05. The van der Waals surface area contributed by atoms with Gasteiger partial charge in [0.1, 0.15) is 0 Å². The molecule has 0 spiro atoms. The quantitative estimate of drug-likeness (QED) is 0.727. The number of hydrogen-bond acceptors (Lipinski definition) is 2. The van der Waals surface area contributed by atoms with E-state index in [-0.39, 0.29) is 11.5 Å². The van der Waals surface area contributed by atoms with Crippen LogP contribution in [0.4, 0.5) is 0 Å². The summed E-state index contributed by atoms with van der Waals surface area (Å²) in [5.74, 6) is 0. The molecule has 24 heavy (non-hydrogen) atoms. The molecule has 1 aromatic heterocycles. The molecule has 0 aliphatic rings. The number of nitrogens with one attached hydrogen (secondary N) is 1. The Morgan fingerprint density at radius 1 is 0.917 bits per heavy atom. The van der Waals surface area contributed by atoms with Crippen LogP contribution in [-0.4, -0.2) is 19.0 Å². The molecule has 4 heteroatoms. The second-order valence-electron chi connectivity index (χ2n) is 7.08. The molecule has 1 unspecified atom stereocenters. The van der Waals surface area contributed by atoms with Crippen molar-refractivity contribution in [3.63, 3.8) is 0 Å². The highest BCUT2D eigenvalue weighted by Gasteiger charge is 2.32. The number of benzene rings is 2. The number of rotatable bonds is 5. The maximum absolute atomic E-state index is 6.79.